The van der Waals surface area contributed by atoms with E-state index in [0.29, 0.717) is 12.4 Å². The maximum atomic E-state index is 12.0. The Morgan fingerprint density at radius 2 is 1.89 bits per heavy atom. The first-order valence-electron chi connectivity index (χ1n) is 5.88. The first kappa shape index (κ1) is 15.5. The number of sulfonamides is 1. The number of carboxylic acid groups (broad SMARTS) is 1. The van der Waals surface area contributed by atoms with Crippen LogP contribution in [-0.2, 0) is 14.8 Å². The van der Waals surface area contributed by atoms with Crippen LogP contribution >= 0.6 is 0 Å². The molecular formula is C12H17NO5S. The zero-order chi connectivity index (χ0) is 14.5. The summed E-state index contributed by atoms with van der Waals surface area (Å²) in [5, 5.41) is 8.85. The standard InChI is InChI=1S/C12H17NO5S/c1-3-11(12(14)15)13-19(16,17)10-7-5-9(6-8-10)18-4-2/h5-8,11,13H,3-4H2,1-2H3,(H,14,15). The fourth-order valence-corrected chi connectivity index (χ4v) is 2.72. The summed E-state index contributed by atoms with van der Waals surface area (Å²) >= 11 is 0. The van der Waals surface area contributed by atoms with E-state index in [2.05, 4.69) is 4.72 Å². The monoisotopic (exact) mass is 287 g/mol. The highest BCUT2D eigenvalue weighted by Crippen LogP contribution is 2.16. The Labute approximate surface area is 112 Å². The summed E-state index contributed by atoms with van der Waals surface area (Å²) in [4.78, 5) is 10.8. The van der Waals surface area contributed by atoms with Crippen LogP contribution in [0.4, 0.5) is 0 Å². The van der Waals surface area contributed by atoms with Crippen LogP contribution in [0.15, 0.2) is 29.2 Å². The van der Waals surface area contributed by atoms with Crippen molar-refractivity contribution in [2.24, 2.45) is 0 Å². The number of rotatable bonds is 7. The third-order valence-corrected chi connectivity index (χ3v) is 3.94. The van der Waals surface area contributed by atoms with Gasteiger partial charge in [0.05, 0.1) is 11.5 Å². The van der Waals surface area contributed by atoms with Crippen molar-refractivity contribution in [2.75, 3.05) is 6.61 Å². The lowest BCUT2D eigenvalue weighted by atomic mass is 10.2. The molecule has 1 atom stereocenters. The van der Waals surface area contributed by atoms with Crippen molar-refractivity contribution in [1.82, 2.24) is 4.72 Å². The van der Waals surface area contributed by atoms with Gasteiger partial charge in [-0.1, -0.05) is 6.92 Å². The Bertz CT molecular complexity index is 524. The molecule has 0 bridgehead atoms. The summed E-state index contributed by atoms with van der Waals surface area (Å²) in [6.07, 6.45) is 0.172. The zero-order valence-corrected chi connectivity index (χ0v) is 11.6. The van der Waals surface area contributed by atoms with Gasteiger partial charge in [0.1, 0.15) is 11.8 Å². The molecule has 0 fully saturated rings. The number of aliphatic carboxylic acids is 1. The first-order valence-corrected chi connectivity index (χ1v) is 7.37. The van der Waals surface area contributed by atoms with E-state index in [-0.39, 0.29) is 11.3 Å². The number of ether oxygens (including phenoxy) is 1. The number of carboxylic acids is 1. The maximum absolute atomic E-state index is 12.0. The van der Waals surface area contributed by atoms with Crippen molar-refractivity contribution in [1.29, 1.82) is 0 Å². The van der Waals surface area contributed by atoms with Crippen LogP contribution in [0.5, 0.6) is 5.75 Å². The Kier molecular flexibility index (Phi) is 5.31. The average Bonchev–Trinajstić information content (AvgIpc) is 2.37. The van der Waals surface area contributed by atoms with E-state index in [0.717, 1.165) is 0 Å². The Balaban J connectivity index is 2.90. The van der Waals surface area contributed by atoms with Gasteiger partial charge in [-0.3, -0.25) is 4.79 Å². The van der Waals surface area contributed by atoms with Gasteiger partial charge in [-0.05, 0) is 37.6 Å². The van der Waals surface area contributed by atoms with Crippen molar-refractivity contribution in [3.63, 3.8) is 0 Å². The molecule has 0 saturated carbocycles. The largest absolute Gasteiger partial charge is 0.494 e. The fourth-order valence-electron chi connectivity index (χ4n) is 1.45. The second-order valence-electron chi connectivity index (χ2n) is 3.82. The van der Waals surface area contributed by atoms with Crippen LogP contribution in [0.25, 0.3) is 0 Å². The molecule has 0 aromatic heterocycles. The van der Waals surface area contributed by atoms with Gasteiger partial charge in [-0.15, -0.1) is 0 Å². The lowest BCUT2D eigenvalue weighted by molar-refractivity contribution is -0.139. The highest BCUT2D eigenvalue weighted by molar-refractivity contribution is 7.89. The summed E-state index contributed by atoms with van der Waals surface area (Å²) in [5.74, 6) is -0.635. The second-order valence-corrected chi connectivity index (χ2v) is 5.54. The normalized spacial score (nSPS) is 12.9. The molecule has 2 N–H and O–H groups in total. The lowest BCUT2D eigenvalue weighted by Gasteiger charge is -2.13. The Morgan fingerprint density at radius 3 is 2.32 bits per heavy atom. The fraction of sp³-hybridized carbons (Fsp3) is 0.417. The Hall–Kier alpha value is -1.60. The molecule has 0 aliphatic carbocycles. The van der Waals surface area contributed by atoms with Gasteiger partial charge in [0.2, 0.25) is 10.0 Å². The smallest absolute Gasteiger partial charge is 0.321 e. The van der Waals surface area contributed by atoms with Crippen LogP contribution in [0.1, 0.15) is 20.3 Å². The van der Waals surface area contributed by atoms with Crippen LogP contribution in [0.2, 0.25) is 0 Å². The van der Waals surface area contributed by atoms with Gasteiger partial charge in [0, 0.05) is 0 Å². The van der Waals surface area contributed by atoms with E-state index in [1.165, 1.54) is 24.3 Å². The summed E-state index contributed by atoms with van der Waals surface area (Å²) in [5.41, 5.74) is 0. The van der Waals surface area contributed by atoms with E-state index in [4.69, 9.17) is 9.84 Å². The maximum Gasteiger partial charge on any atom is 0.321 e. The molecule has 1 aromatic rings. The highest BCUT2D eigenvalue weighted by Gasteiger charge is 2.23. The van der Waals surface area contributed by atoms with E-state index in [1.54, 1.807) is 6.92 Å². The van der Waals surface area contributed by atoms with Crippen LogP contribution in [-0.4, -0.2) is 32.1 Å². The summed E-state index contributed by atoms with van der Waals surface area (Å²) in [6.45, 7) is 3.91. The summed E-state index contributed by atoms with van der Waals surface area (Å²) < 4.78 is 31.3. The van der Waals surface area contributed by atoms with Crippen molar-refractivity contribution in [3.8, 4) is 5.75 Å². The highest BCUT2D eigenvalue weighted by atomic mass is 32.2. The number of hydrogen-bond donors (Lipinski definition) is 2. The number of carbonyl (C=O) groups is 1. The van der Waals surface area contributed by atoms with Gasteiger partial charge < -0.3 is 9.84 Å². The minimum Gasteiger partial charge on any atom is -0.494 e. The minimum atomic E-state index is -3.83. The molecule has 0 radical (unpaired) electrons. The summed E-state index contributed by atoms with van der Waals surface area (Å²) in [7, 11) is -3.83. The molecule has 6 nitrogen and oxygen atoms in total. The predicted molar refractivity (Wildman–Crippen MR) is 69.6 cm³/mol. The van der Waals surface area contributed by atoms with Crippen LogP contribution in [0, 0.1) is 0 Å². The van der Waals surface area contributed by atoms with Gasteiger partial charge in [0.15, 0.2) is 0 Å². The summed E-state index contributed by atoms with van der Waals surface area (Å²) in [6, 6.07) is 4.68. The molecule has 0 amide bonds. The molecule has 0 spiro atoms. The molecule has 0 saturated heterocycles. The van der Waals surface area contributed by atoms with Crippen molar-refractivity contribution >= 4 is 16.0 Å². The molecule has 1 aromatic carbocycles. The molecule has 106 valence electrons. The Morgan fingerprint density at radius 1 is 1.32 bits per heavy atom. The van der Waals surface area contributed by atoms with Gasteiger partial charge >= 0.3 is 5.97 Å². The van der Waals surface area contributed by atoms with E-state index in [9.17, 15) is 13.2 Å². The number of nitrogens with one attached hydrogen (secondary N) is 1. The lowest BCUT2D eigenvalue weighted by Crippen LogP contribution is -2.40. The quantitative estimate of drug-likeness (QED) is 0.786. The average molecular weight is 287 g/mol. The molecule has 1 rings (SSSR count). The first-order chi connectivity index (χ1) is 8.90. The molecule has 7 heteroatoms. The van der Waals surface area contributed by atoms with Crippen molar-refractivity contribution in [3.05, 3.63) is 24.3 Å². The topological polar surface area (TPSA) is 92.7 Å². The van der Waals surface area contributed by atoms with Crippen LogP contribution in [0.3, 0.4) is 0 Å². The van der Waals surface area contributed by atoms with Crippen LogP contribution < -0.4 is 9.46 Å². The van der Waals surface area contributed by atoms with E-state index < -0.39 is 22.0 Å². The third-order valence-electron chi connectivity index (χ3n) is 2.45. The third kappa shape index (κ3) is 4.22. The zero-order valence-electron chi connectivity index (χ0n) is 10.8. The SMILES string of the molecule is CCOc1ccc(S(=O)(=O)NC(CC)C(=O)O)cc1. The van der Waals surface area contributed by atoms with Crippen molar-refractivity contribution in [2.45, 2.75) is 31.2 Å². The molecule has 19 heavy (non-hydrogen) atoms. The number of benzene rings is 1. The van der Waals surface area contributed by atoms with Gasteiger partial charge in [-0.25, -0.2) is 8.42 Å². The number of hydrogen-bond acceptors (Lipinski definition) is 4. The van der Waals surface area contributed by atoms with E-state index >= 15 is 0 Å². The molecule has 1 unspecified atom stereocenters. The molecule has 0 aliphatic rings. The minimum absolute atomic E-state index is 0.00986. The van der Waals surface area contributed by atoms with Gasteiger partial charge in [-0.2, -0.15) is 4.72 Å². The molecule has 0 heterocycles. The molecule has 0 aliphatic heterocycles. The molecular weight excluding hydrogens is 270 g/mol. The van der Waals surface area contributed by atoms with E-state index in [1.807, 2.05) is 6.92 Å². The van der Waals surface area contributed by atoms with Gasteiger partial charge in [0.25, 0.3) is 0 Å². The predicted octanol–water partition coefficient (Wildman–Crippen LogP) is 1.23. The second kappa shape index (κ2) is 6.53. The van der Waals surface area contributed by atoms with Crippen molar-refractivity contribution < 1.29 is 23.1 Å².